The Morgan fingerprint density at radius 1 is 1.35 bits per heavy atom. The second-order valence-corrected chi connectivity index (χ2v) is 6.15. The van der Waals surface area contributed by atoms with Crippen LogP contribution in [-0.2, 0) is 12.8 Å². The Labute approximate surface area is 109 Å². The maximum absolute atomic E-state index is 6.26. The molecule has 1 aromatic heterocycles. The molecule has 2 rings (SSSR count). The minimum atomic E-state index is 0.242. The van der Waals surface area contributed by atoms with Gasteiger partial charge in [0.25, 0.3) is 0 Å². The molecule has 17 heavy (non-hydrogen) atoms. The summed E-state index contributed by atoms with van der Waals surface area (Å²) in [6.07, 6.45) is 12.0. The molecule has 2 heteroatoms. The lowest BCUT2D eigenvalue weighted by atomic mass is 10.1. The van der Waals surface area contributed by atoms with Crippen LogP contribution in [-0.4, -0.2) is 0 Å². The van der Waals surface area contributed by atoms with Crippen molar-refractivity contribution in [1.29, 1.82) is 0 Å². The number of fused-ring (bicyclic) bond motifs is 1. The topological polar surface area (TPSA) is 26.0 Å². The quantitative estimate of drug-likeness (QED) is 0.468. The van der Waals surface area contributed by atoms with Crippen molar-refractivity contribution in [2.45, 2.75) is 57.4 Å². The van der Waals surface area contributed by atoms with E-state index in [1.54, 1.807) is 10.4 Å². The molecule has 1 aromatic rings. The number of hydrogen-bond donors (Lipinski definition) is 1. The molecule has 1 aliphatic carbocycles. The Hall–Kier alpha value is -0.600. The number of aryl methyl sites for hydroxylation is 2. The molecule has 0 aliphatic heterocycles. The minimum absolute atomic E-state index is 0.242. The molecule has 1 unspecified atom stereocenters. The van der Waals surface area contributed by atoms with Gasteiger partial charge in [0.2, 0.25) is 0 Å². The van der Waals surface area contributed by atoms with Gasteiger partial charge in [0, 0.05) is 15.8 Å². The predicted octanol–water partition coefficient (Wildman–Crippen LogP) is 4.37. The highest BCUT2D eigenvalue weighted by molar-refractivity contribution is 7.12. The van der Waals surface area contributed by atoms with Crippen LogP contribution < -0.4 is 5.73 Å². The lowest BCUT2D eigenvalue weighted by Gasteiger charge is -2.08. The Morgan fingerprint density at radius 2 is 2.18 bits per heavy atom. The van der Waals surface area contributed by atoms with Gasteiger partial charge >= 0.3 is 0 Å². The van der Waals surface area contributed by atoms with Crippen molar-refractivity contribution < 1.29 is 0 Å². The van der Waals surface area contributed by atoms with Crippen LogP contribution in [0.4, 0.5) is 0 Å². The fourth-order valence-corrected chi connectivity index (χ4v) is 3.79. The van der Waals surface area contributed by atoms with Crippen LogP contribution in [0.1, 0.15) is 59.9 Å². The van der Waals surface area contributed by atoms with Crippen molar-refractivity contribution in [2.75, 3.05) is 0 Å². The molecule has 1 atom stereocenters. The van der Waals surface area contributed by atoms with Crippen LogP contribution in [0.2, 0.25) is 0 Å². The molecule has 0 spiro atoms. The van der Waals surface area contributed by atoms with Gasteiger partial charge in [0.05, 0.1) is 0 Å². The first-order valence-electron chi connectivity index (χ1n) is 6.79. The molecular formula is C15H23NS. The van der Waals surface area contributed by atoms with Gasteiger partial charge in [-0.05, 0) is 56.6 Å². The third-order valence-electron chi connectivity index (χ3n) is 3.55. The van der Waals surface area contributed by atoms with E-state index in [0.717, 1.165) is 19.3 Å². The first kappa shape index (κ1) is 12.8. The summed E-state index contributed by atoms with van der Waals surface area (Å²) in [6, 6.07) is 2.62. The molecule has 94 valence electrons. The third-order valence-corrected chi connectivity index (χ3v) is 4.92. The van der Waals surface area contributed by atoms with E-state index in [4.69, 9.17) is 5.73 Å². The number of nitrogens with two attached hydrogens (primary N) is 1. The Balaban J connectivity index is 1.98. The van der Waals surface area contributed by atoms with Gasteiger partial charge < -0.3 is 5.73 Å². The maximum atomic E-state index is 6.26. The fourth-order valence-electron chi connectivity index (χ4n) is 2.50. The van der Waals surface area contributed by atoms with Gasteiger partial charge in [-0.1, -0.05) is 12.5 Å². The Morgan fingerprint density at radius 3 is 3.00 bits per heavy atom. The van der Waals surface area contributed by atoms with Crippen LogP contribution in [0.25, 0.3) is 0 Å². The summed E-state index contributed by atoms with van der Waals surface area (Å²) < 4.78 is 0. The third kappa shape index (κ3) is 3.43. The van der Waals surface area contributed by atoms with Crippen LogP contribution in [0.3, 0.4) is 0 Å². The standard InChI is InChI=1S/C15H23NS/c1-2-3-5-9-13(16)15-11-12-8-6-4-7-10-14(12)17-15/h2,11,13H,1,3-10,16H2. The number of rotatable bonds is 5. The maximum Gasteiger partial charge on any atom is 0.0390 e. The molecule has 0 saturated heterocycles. The highest BCUT2D eigenvalue weighted by Gasteiger charge is 2.15. The van der Waals surface area contributed by atoms with Gasteiger partial charge in [-0.25, -0.2) is 0 Å². The summed E-state index contributed by atoms with van der Waals surface area (Å²) in [5.74, 6) is 0. The largest absolute Gasteiger partial charge is 0.323 e. The smallest absolute Gasteiger partial charge is 0.0390 e. The van der Waals surface area contributed by atoms with E-state index in [0.29, 0.717) is 0 Å². The van der Waals surface area contributed by atoms with Crippen molar-refractivity contribution in [2.24, 2.45) is 5.73 Å². The minimum Gasteiger partial charge on any atom is -0.323 e. The van der Waals surface area contributed by atoms with E-state index in [-0.39, 0.29) is 6.04 Å². The Kier molecular flexibility index (Phi) is 4.81. The first-order valence-corrected chi connectivity index (χ1v) is 7.61. The van der Waals surface area contributed by atoms with Crippen molar-refractivity contribution in [1.82, 2.24) is 0 Å². The van der Waals surface area contributed by atoms with Crippen LogP contribution in [0, 0.1) is 0 Å². The van der Waals surface area contributed by atoms with Crippen molar-refractivity contribution in [3.63, 3.8) is 0 Å². The monoisotopic (exact) mass is 249 g/mol. The summed E-state index contributed by atoms with van der Waals surface area (Å²) in [6.45, 7) is 3.76. The molecule has 0 amide bonds. The number of allylic oxidation sites excluding steroid dienone is 1. The van der Waals surface area contributed by atoms with E-state index in [9.17, 15) is 0 Å². The van der Waals surface area contributed by atoms with Crippen LogP contribution >= 0.6 is 11.3 Å². The van der Waals surface area contributed by atoms with E-state index >= 15 is 0 Å². The second-order valence-electron chi connectivity index (χ2n) is 4.98. The van der Waals surface area contributed by atoms with E-state index < -0.39 is 0 Å². The average Bonchev–Trinajstić information content (AvgIpc) is 2.61. The van der Waals surface area contributed by atoms with Crippen molar-refractivity contribution in [3.8, 4) is 0 Å². The van der Waals surface area contributed by atoms with Crippen LogP contribution in [0.5, 0.6) is 0 Å². The molecule has 0 saturated carbocycles. The normalized spacial score (nSPS) is 17.2. The molecule has 2 N–H and O–H groups in total. The van der Waals surface area contributed by atoms with Gasteiger partial charge in [0.1, 0.15) is 0 Å². The zero-order valence-corrected chi connectivity index (χ0v) is 11.4. The molecule has 0 radical (unpaired) electrons. The summed E-state index contributed by atoms with van der Waals surface area (Å²) in [7, 11) is 0. The molecule has 0 bridgehead atoms. The highest BCUT2D eigenvalue weighted by Crippen LogP contribution is 2.32. The van der Waals surface area contributed by atoms with Crippen molar-refractivity contribution >= 4 is 11.3 Å². The lowest BCUT2D eigenvalue weighted by Crippen LogP contribution is -2.08. The fraction of sp³-hybridized carbons (Fsp3) is 0.600. The summed E-state index contributed by atoms with van der Waals surface area (Å²) in [4.78, 5) is 3.01. The average molecular weight is 249 g/mol. The van der Waals surface area contributed by atoms with Crippen molar-refractivity contribution in [3.05, 3.63) is 34.0 Å². The van der Waals surface area contributed by atoms with Gasteiger partial charge in [-0.15, -0.1) is 17.9 Å². The zero-order valence-electron chi connectivity index (χ0n) is 10.6. The summed E-state index contributed by atoms with van der Waals surface area (Å²) in [5, 5.41) is 0. The molecule has 0 fully saturated rings. The van der Waals surface area contributed by atoms with E-state index in [1.165, 1.54) is 37.0 Å². The molecular weight excluding hydrogens is 226 g/mol. The molecule has 0 aromatic carbocycles. The molecule has 1 aliphatic rings. The SMILES string of the molecule is C=CCCCC(N)c1cc2c(s1)CCCCC2. The number of thiophene rings is 1. The van der Waals surface area contributed by atoms with Crippen LogP contribution in [0.15, 0.2) is 18.7 Å². The van der Waals surface area contributed by atoms with E-state index in [1.807, 2.05) is 17.4 Å². The molecule has 1 heterocycles. The molecule has 1 nitrogen and oxygen atoms in total. The summed E-state index contributed by atoms with van der Waals surface area (Å²) >= 11 is 1.96. The number of unbranched alkanes of at least 4 members (excludes halogenated alkanes) is 1. The summed E-state index contributed by atoms with van der Waals surface area (Å²) in [5.41, 5.74) is 7.85. The van der Waals surface area contributed by atoms with Gasteiger partial charge in [-0.3, -0.25) is 0 Å². The predicted molar refractivity (Wildman–Crippen MR) is 76.6 cm³/mol. The first-order chi connectivity index (χ1) is 8.31. The van der Waals surface area contributed by atoms with Gasteiger partial charge in [0.15, 0.2) is 0 Å². The second kappa shape index (κ2) is 6.36. The van der Waals surface area contributed by atoms with E-state index in [2.05, 4.69) is 12.6 Å². The van der Waals surface area contributed by atoms with Gasteiger partial charge in [-0.2, -0.15) is 0 Å². The Bertz CT molecular complexity index is 343. The highest BCUT2D eigenvalue weighted by atomic mass is 32.1. The zero-order chi connectivity index (χ0) is 12.1. The number of hydrogen-bond acceptors (Lipinski definition) is 2. The lowest BCUT2D eigenvalue weighted by molar-refractivity contribution is 0.625.